The van der Waals surface area contributed by atoms with E-state index in [1.54, 1.807) is 6.20 Å². The molecule has 0 radical (unpaired) electrons. The molecular weight excluding hydrogens is 369 g/mol. The number of nitrogens with zero attached hydrogens (tertiary/aromatic N) is 2. The van der Waals surface area contributed by atoms with Crippen LogP contribution in [0.3, 0.4) is 0 Å². The van der Waals surface area contributed by atoms with Gasteiger partial charge in [0, 0.05) is 0 Å². The van der Waals surface area contributed by atoms with Gasteiger partial charge in [-0.05, 0) is 0 Å². The van der Waals surface area contributed by atoms with Crippen molar-refractivity contribution < 1.29 is 9.90 Å². The molecule has 2 rings (SSSR count). The van der Waals surface area contributed by atoms with Gasteiger partial charge in [-0.2, -0.15) is 0 Å². The summed E-state index contributed by atoms with van der Waals surface area (Å²) in [6, 6.07) is 5.55. The molecule has 0 aliphatic heterocycles. The summed E-state index contributed by atoms with van der Waals surface area (Å²) in [4.78, 5) is 20.4. The van der Waals surface area contributed by atoms with Crippen LogP contribution in [0.4, 0.5) is 5.69 Å². The average Bonchev–Trinajstić information content (AvgIpc) is 2.51. The predicted molar refractivity (Wildman–Crippen MR) is 96.4 cm³/mol. The molecule has 2 heterocycles. The standard InChI is InChI=1S/C16H22AsN5O2/c1-9-3-10(2)22-14(4-9)17-13-5-12(20-6-11(18)8-23)7-21-15(13)16(19)24/h3-5,7,11,17,20,23H,6,8,18H2,1-2H3,(H2,19,24). The van der Waals surface area contributed by atoms with Gasteiger partial charge in [-0.25, -0.2) is 0 Å². The molecular formula is C16H22AsN5O2. The number of aryl methyl sites for hydroxylation is 2. The fourth-order valence-electron chi connectivity index (χ4n) is 2.21. The van der Waals surface area contributed by atoms with Crippen molar-refractivity contribution in [2.45, 2.75) is 19.9 Å². The molecule has 0 aromatic carbocycles. The number of pyridine rings is 2. The van der Waals surface area contributed by atoms with Crippen molar-refractivity contribution >= 4 is 36.2 Å². The van der Waals surface area contributed by atoms with Gasteiger partial charge in [0.25, 0.3) is 0 Å². The first-order valence-corrected chi connectivity index (χ1v) is 9.61. The van der Waals surface area contributed by atoms with Gasteiger partial charge in [-0.1, -0.05) is 0 Å². The summed E-state index contributed by atoms with van der Waals surface area (Å²) in [7, 11) is 0. The molecule has 2 atom stereocenters. The molecule has 8 heteroatoms. The van der Waals surface area contributed by atoms with Gasteiger partial charge < -0.3 is 0 Å². The Morgan fingerprint density at radius 2 is 2.12 bits per heavy atom. The minimum atomic E-state index is -0.861. The Bertz CT molecular complexity index is 718. The van der Waals surface area contributed by atoms with Crippen LogP contribution < -0.4 is 25.6 Å². The molecule has 0 saturated heterocycles. The number of nitrogens with one attached hydrogen (secondary N) is 1. The summed E-state index contributed by atoms with van der Waals surface area (Å²) >= 11 is -0.861. The van der Waals surface area contributed by atoms with E-state index in [0.717, 1.165) is 25.8 Å². The summed E-state index contributed by atoms with van der Waals surface area (Å²) in [6.45, 7) is 4.28. The first-order chi connectivity index (χ1) is 11.4. The molecule has 0 aliphatic rings. The van der Waals surface area contributed by atoms with Gasteiger partial charge >= 0.3 is 147 Å². The molecule has 0 aliphatic carbocycles. The van der Waals surface area contributed by atoms with E-state index >= 15 is 0 Å². The molecule has 0 spiro atoms. The quantitative estimate of drug-likeness (QED) is 0.417. The number of carbonyl (C=O) groups is 1. The van der Waals surface area contributed by atoms with Gasteiger partial charge in [-0.15, -0.1) is 0 Å². The van der Waals surface area contributed by atoms with Gasteiger partial charge in [0.1, 0.15) is 0 Å². The number of nitrogens with two attached hydrogens (primary N) is 2. The number of amides is 1. The third-order valence-corrected chi connectivity index (χ3v) is 5.72. The van der Waals surface area contributed by atoms with E-state index < -0.39 is 21.7 Å². The second kappa shape index (κ2) is 8.24. The number of hydrogen-bond acceptors (Lipinski definition) is 6. The Labute approximate surface area is 147 Å². The first-order valence-electron chi connectivity index (χ1n) is 7.51. The van der Waals surface area contributed by atoms with Crippen LogP contribution in [0, 0.1) is 13.8 Å². The fourth-order valence-corrected chi connectivity index (χ4v) is 5.03. The molecule has 6 N–H and O–H groups in total. The summed E-state index contributed by atoms with van der Waals surface area (Å²) in [5, 5.41) is 12.1. The molecule has 0 bridgehead atoms. The number of rotatable bonds is 7. The Kier molecular flexibility index (Phi) is 6.31. The van der Waals surface area contributed by atoms with Crippen molar-refractivity contribution in [2.24, 2.45) is 11.5 Å². The van der Waals surface area contributed by atoms with Crippen LogP contribution in [-0.4, -0.2) is 55.9 Å². The Morgan fingerprint density at radius 3 is 2.75 bits per heavy atom. The Balaban J connectivity index is 2.29. The zero-order valence-corrected chi connectivity index (χ0v) is 15.8. The SMILES string of the molecule is Cc1cc(C)nc([AsH]c2cc(NCC(N)CO)cnc2C(N)=O)c1. The number of aromatic nitrogens is 2. The van der Waals surface area contributed by atoms with E-state index in [-0.39, 0.29) is 18.3 Å². The van der Waals surface area contributed by atoms with Crippen LogP contribution in [0.15, 0.2) is 24.4 Å². The zero-order chi connectivity index (χ0) is 17.7. The van der Waals surface area contributed by atoms with Gasteiger partial charge in [0.15, 0.2) is 0 Å². The van der Waals surface area contributed by atoms with E-state index in [1.807, 2.05) is 32.0 Å². The van der Waals surface area contributed by atoms with Crippen molar-refractivity contribution in [1.82, 2.24) is 9.97 Å². The number of aliphatic hydroxyl groups excluding tert-OH is 1. The fraction of sp³-hybridized carbons (Fsp3) is 0.312. The van der Waals surface area contributed by atoms with E-state index in [9.17, 15) is 4.79 Å². The van der Waals surface area contributed by atoms with Crippen LogP contribution in [0.25, 0.3) is 0 Å². The summed E-state index contributed by atoms with van der Waals surface area (Å²) in [5.41, 5.74) is 14.2. The van der Waals surface area contributed by atoms with Crippen molar-refractivity contribution in [3.05, 3.63) is 41.3 Å². The molecule has 1 amide bonds. The molecule has 7 nitrogen and oxygen atoms in total. The van der Waals surface area contributed by atoms with E-state index in [0.29, 0.717) is 6.54 Å². The van der Waals surface area contributed by atoms with Crippen molar-refractivity contribution in [2.75, 3.05) is 18.5 Å². The number of anilines is 1. The van der Waals surface area contributed by atoms with Gasteiger partial charge in [0.05, 0.1) is 0 Å². The number of primary amides is 1. The molecule has 2 aromatic heterocycles. The summed E-state index contributed by atoms with van der Waals surface area (Å²) in [5.74, 6) is -0.545. The maximum absolute atomic E-state index is 11.7. The van der Waals surface area contributed by atoms with Crippen LogP contribution in [0.2, 0.25) is 0 Å². The Hall–Kier alpha value is -1.95. The topological polar surface area (TPSA) is 127 Å². The first kappa shape index (κ1) is 18.4. The molecule has 0 fully saturated rings. The van der Waals surface area contributed by atoms with E-state index in [2.05, 4.69) is 15.3 Å². The second-order valence-corrected chi connectivity index (χ2v) is 8.33. The minimum absolute atomic E-state index is 0.104. The van der Waals surface area contributed by atoms with Crippen LogP contribution in [0.1, 0.15) is 21.7 Å². The Morgan fingerprint density at radius 1 is 1.38 bits per heavy atom. The number of carbonyl (C=O) groups excluding carboxylic acids is 1. The van der Waals surface area contributed by atoms with Crippen molar-refractivity contribution in [1.29, 1.82) is 0 Å². The number of hydrogen-bond donors (Lipinski definition) is 4. The second-order valence-electron chi connectivity index (χ2n) is 5.60. The van der Waals surface area contributed by atoms with Crippen LogP contribution >= 0.6 is 0 Å². The van der Waals surface area contributed by atoms with Crippen molar-refractivity contribution in [3.63, 3.8) is 0 Å². The molecule has 128 valence electrons. The molecule has 24 heavy (non-hydrogen) atoms. The average molecular weight is 391 g/mol. The summed E-state index contributed by atoms with van der Waals surface area (Å²) in [6.07, 6.45) is 1.55. The van der Waals surface area contributed by atoms with Gasteiger partial charge in [0.2, 0.25) is 0 Å². The zero-order valence-electron chi connectivity index (χ0n) is 13.7. The summed E-state index contributed by atoms with van der Waals surface area (Å²) < 4.78 is 1.79. The molecule has 2 aromatic rings. The monoisotopic (exact) mass is 391 g/mol. The predicted octanol–water partition coefficient (Wildman–Crippen LogP) is -1.69. The molecule has 2 unspecified atom stereocenters. The van der Waals surface area contributed by atoms with Gasteiger partial charge in [-0.3, -0.25) is 0 Å². The third-order valence-electron chi connectivity index (χ3n) is 3.28. The van der Waals surface area contributed by atoms with Crippen LogP contribution in [-0.2, 0) is 0 Å². The van der Waals surface area contributed by atoms with E-state index in [1.165, 1.54) is 0 Å². The van der Waals surface area contributed by atoms with E-state index in [4.69, 9.17) is 16.6 Å². The normalized spacial score (nSPS) is 12.5. The molecule has 0 saturated carbocycles. The third kappa shape index (κ3) is 5.02. The number of aliphatic hydroxyl groups is 1. The van der Waals surface area contributed by atoms with Crippen molar-refractivity contribution in [3.8, 4) is 0 Å². The maximum atomic E-state index is 11.7. The van der Waals surface area contributed by atoms with Crippen LogP contribution in [0.5, 0.6) is 0 Å².